The van der Waals surface area contributed by atoms with Crippen molar-refractivity contribution in [1.29, 1.82) is 0 Å². The van der Waals surface area contributed by atoms with Crippen LogP contribution < -0.4 is 10.6 Å². The smallest absolute Gasteiger partial charge is 0.250 e. The Kier molecular flexibility index (Phi) is 4.53. The van der Waals surface area contributed by atoms with Crippen LogP contribution in [0, 0.1) is 11.7 Å². The highest BCUT2D eigenvalue weighted by atomic mass is 35.5. The summed E-state index contributed by atoms with van der Waals surface area (Å²) in [5.74, 6) is -2.00. The predicted molar refractivity (Wildman–Crippen MR) is 107 cm³/mol. The third-order valence-corrected chi connectivity index (χ3v) is 6.60. The number of carbonyl (C=O) groups is 2. The molecule has 5 rings (SSSR count). The summed E-state index contributed by atoms with van der Waals surface area (Å²) in [4.78, 5) is 25.9. The van der Waals surface area contributed by atoms with Gasteiger partial charge in [-0.25, -0.2) is 4.39 Å². The van der Waals surface area contributed by atoms with Crippen LogP contribution in [0.5, 0.6) is 0 Å². The summed E-state index contributed by atoms with van der Waals surface area (Å²) in [5.41, 5.74) is 0.329. The fourth-order valence-electron chi connectivity index (χ4n) is 5.05. The molecule has 3 aliphatic rings. The van der Waals surface area contributed by atoms with Crippen LogP contribution in [0.4, 0.5) is 10.1 Å². The summed E-state index contributed by atoms with van der Waals surface area (Å²) in [7, 11) is 0. The molecule has 2 aliphatic heterocycles. The molecule has 146 valence electrons. The van der Waals surface area contributed by atoms with E-state index in [2.05, 4.69) is 10.6 Å². The van der Waals surface area contributed by atoms with Gasteiger partial charge in [-0.2, -0.15) is 0 Å². The maximum atomic E-state index is 15.0. The number of benzene rings is 2. The second-order valence-corrected chi connectivity index (χ2v) is 8.20. The highest BCUT2D eigenvalue weighted by molar-refractivity contribution is 6.31. The number of hydrogen-bond donors (Lipinski definition) is 2. The average Bonchev–Trinajstić information content (AvgIpc) is 3.24. The third kappa shape index (κ3) is 2.39. The first-order valence-corrected chi connectivity index (χ1v) is 9.55. The Balaban J connectivity index is 0.00000192. The Morgan fingerprint density at radius 2 is 1.93 bits per heavy atom. The summed E-state index contributed by atoms with van der Waals surface area (Å²) in [6.45, 7) is 0. The van der Waals surface area contributed by atoms with Crippen molar-refractivity contribution in [2.75, 3.05) is 5.32 Å². The minimum atomic E-state index is -1.23. The zero-order valence-corrected chi connectivity index (χ0v) is 15.6. The summed E-state index contributed by atoms with van der Waals surface area (Å²) in [6, 6.07) is 9.68. The maximum Gasteiger partial charge on any atom is 0.250 e. The molecule has 4 atom stereocenters. The molecule has 1 aliphatic carbocycles. The van der Waals surface area contributed by atoms with E-state index in [1.165, 1.54) is 6.07 Å². The Labute approximate surface area is 172 Å². The number of amides is 1. The van der Waals surface area contributed by atoms with E-state index in [0.29, 0.717) is 29.1 Å². The van der Waals surface area contributed by atoms with Crippen molar-refractivity contribution in [3.63, 3.8) is 0 Å². The molecule has 2 N–H and O–H groups in total. The van der Waals surface area contributed by atoms with Gasteiger partial charge in [0.2, 0.25) is 5.91 Å². The van der Waals surface area contributed by atoms with Crippen molar-refractivity contribution in [2.24, 2.45) is 5.92 Å². The van der Waals surface area contributed by atoms with Gasteiger partial charge in [-0.15, -0.1) is 0 Å². The SMILES string of the molecule is C.O=C1CC[C@@H]2N[C@@]3(C(=O)Nc4cc(Cl)ccc43)[C@@H](c3cccc(Cl)c3F)[C@H]12. The molecule has 2 fully saturated rings. The lowest BCUT2D eigenvalue weighted by Crippen LogP contribution is -2.49. The number of carbonyl (C=O) groups excluding carboxylic acids is 2. The fraction of sp³-hybridized carbons (Fsp3) is 0.333. The van der Waals surface area contributed by atoms with Crippen molar-refractivity contribution in [3.05, 3.63) is 63.4 Å². The molecular formula is C21H19Cl2FN2O2. The van der Waals surface area contributed by atoms with Crippen LogP contribution in [0.15, 0.2) is 36.4 Å². The summed E-state index contributed by atoms with van der Waals surface area (Å²) in [6.07, 6.45) is 1.05. The molecule has 4 nitrogen and oxygen atoms in total. The van der Waals surface area contributed by atoms with Crippen LogP contribution in [0.1, 0.15) is 37.3 Å². The first-order chi connectivity index (χ1) is 12.9. The minimum Gasteiger partial charge on any atom is -0.324 e. The first kappa shape index (κ1) is 19.4. The van der Waals surface area contributed by atoms with Crippen LogP contribution in [0.25, 0.3) is 0 Å². The lowest BCUT2D eigenvalue weighted by atomic mass is 9.71. The standard InChI is InChI=1S/C20H15Cl2FN2O2.CH4/c21-9-4-5-11-14(8-9)24-19(27)20(11)17(10-2-1-3-12(22)18(10)23)16-13(25-20)6-7-15(16)26;/h1-5,8,13,16-17,25H,6-7H2,(H,24,27);1H4/t13-,16-,17-,20+;/m0./s1. The number of Topliss-reactive ketones (excluding diaryl/α,β-unsaturated/α-hetero) is 1. The van der Waals surface area contributed by atoms with Crippen molar-refractivity contribution < 1.29 is 14.0 Å². The van der Waals surface area contributed by atoms with E-state index in [4.69, 9.17) is 23.2 Å². The van der Waals surface area contributed by atoms with Gasteiger partial charge < -0.3 is 5.32 Å². The summed E-state index contributed by atoms with van der Waals surface area (Å²) < 4.78 is 15.0. The monoisotopic (exact) mass is 420 g/mol. The van der Waals surface area contributed by atoms with Crippen LogP contribution in [0.3, 0.4) is 0 Å². The van der Waals surface area contributed by atoms with Crippen LogP contribution in [0.2, 0.25) is 10.0 Å². The van der Waals surface area contributed by atoms with E-state index in [0.717, 1.165) is 0 Å². The van der Waals surface area contributed by atoms with E-state index in [1.54, 1.807) is 30.3 Å². The number of hydrogen-bond acceptors (Lipinski definition) is 3. The van der Waals surface area contributed by atoms with Gasteiger partial charge in [0.15, 0.2) is 0 Å². The molecule has 1 spiro atoms. The van der Waals surface area contributed by atoms with Crippen LogP contribution in [-0.2, 0) is 15.1 Å². The molecule has 0 bridgehead atoms. The number of fused-ring (bicyclic) bond motifs is 3. The zero-order valence-electron chi connectivity index (χ0n) is 14.1. The predicted octanol–water partition coefficient (Wildman–Crippen LogP) is 4.65. The van der Waals surface area contributed by atoms with Gasteiger partial charge in [-0.3, -0.25) is 14.9 Å². The Morgan fingerprint density at radius 1 is 1.14 bits per heavy atom. The quantitative estimate of drug-likeness (QED) is 0.705. The van der Waals surface area contributed by atoms with E-state index in [9.17, 15) is 9.59 Å². The Hall–Kier alpha value is -1.95. The summed E-state index contributed by atoms with van der Waals surface area (Å²) in [5, 5.41) is 6.72. The van der Waals surface area contributed by atoms with Gasteiger partial charge in [0, 0.05) is 40.6 Å². The average molecular weight is 421 g/mol. The molecule has 28 heavy (non-hydrogen) atoms. The van der Waals surface area contributed by atoms with Gasteiger partial charge in [0.1, 0.15) is 17.1 Å². The van der Waals surface area contributed by atoms with Gasteiger partial charge >= 0.3 is 0 Å². The van der Waals surface area contributed by atoms with Crippen molar-refractivity contribution in [2.45, 2.75) is 37.8 Å². The molecule has 0 unspecified atom stereocenters. The van der Waals surface area contributed by atoms with E-state index in [-0.39, 0.29) is 35.7 Å². The lowest BCUT2D eigenvalue weighted by molar-refractivity contribution is -0.123. The zero-order chi connectivity index (χ0) is 18.9. The second-order valence-electron chi connectivity index (χ2n) is 7.35. The van der Waals surface area contributed by atoms with E-state index in [1.807, 2.05) is 0 Å². The Bertz CT molecular complexity index is 1010. The second kappa shape index (κ2) is 6.55. The third-order valence-electron chi connectivity index (χ3n) is 6.08. The Morgan fingerprint density at radius 3 is 2.71 bits per heavy atom. The number of ketones is 1. The van der Waals surface area contributed by atoms with Gasteiger partial charge in [-0.05, 0) is 30.2 Å². The lowest BCUT2D eigenvalue weighted by Gasteiger charge is -2.32. The largest absolute Gasteiger partial charge is 0.324 e. The topological polar surface area (TPSA) is 58.2 Å². The molecule has 2 aromatic carbocycles. The highest BCUT2D eigenvalue weighted by Crippen LogP contribution is 2.57. The molecular weight excluding hydrogens is 402 g/mol. The van der Waals surface area contributed by atoms with Crippen LogP contribution >= 0.6 is 23.2 Å². The van der Waals surface area contributed by atoms with E-state index >= 15 is 4.39 Å². The summed E-state index contributed by atoms with van der Waals surface area (Å²) >= 11 is 12.1. The number of halogens is 3. The molecule has 1 saturated heterocycles. The molecule has 0 radical (unpaired) electrons. The minimum absolute atomic E-state index is 0. The number of nitrogens with one attached hydrogen (secondary N) is 2. The van der Waals surface area contributed by atoms with Crippen molar-refractivity contribution >= 4 is 40.6 Å². The molecule has 2 aromatic rings. The molecule has 1 amide bonds. The molecule has 2 heterocycles. The normalized spacial score (nSPS) is 30.2. The number of anilines is 1. The first-order valence-electron chi connectivity index (χ1n) is 8.79. The van der Waals surface area contributed by atoms with Crippen LogP contribution in [-0.4, -0.2) is 17.7 Å². The van der Waals surface area contributed by atoms with Crippen molar-refractivity contribution in [3.8, 4) is 0 Å². The highest BCUT2D eigenvalue weighted by Gasteiger charge is 2.65. The van der Waals surface area contributed by atoms with E-state index < -0.39 is 23.2 Å². The van der Waals surface area contributed by atoms with Crippen molar-refractivity contribution in [1.82, 2.24) is 5.32 Å². The molecule has 7 heteroatoms. The van der Waals surface area contributed by atoms with Gasteiger partial charge in [0.25, 0.3) is 0 Å². The fourth-order valence-corrected chi connectivity index (χ4v) is 5.40. The van der Waals surface area contributed by atoms with Gasteiger partial charge in [0.05, 0.1) is 5.02 Å². The molecule has 1 saturated carbocycles. The molecule has 0 aromatic heterocycles. The van der Waals surface area contributed by atoms with Gasteiger partial charge in [-0.1, -0.05) is 48.8 Å². The maximum absolute atomic E-state index is 15.0. The number of rotatable bonds is 1.